The number of nitrogens with two attached hydrogens (primary N) is 2. The largest absolute Gasteiger partial charge is 0.383 e. The van der Waals surface area contributed by atoms with Gasteiger partial charge in [-0.05, 0) is 0 Å². The van der Waals surface area contributed by atoms with Gasteiger partial charge in [0.15, 0.2) is 0 Å². The molecule has 17 heavy (non-hydrogen) atoms. The molecule has 0 radical (unpaired) electrons. The van der Waals surface area contributed by atoms with Gasteiger partial charge in [-0.3, -0.25) is 10.1 Å². The summed E-state index contributed by atoms with van der Waals surface area (Å²) in [4.78, 5) is 12.4. The Morgan fingerprint density at radius 3 is 2.35 bits per heavy atom. The second kappa shape index (κ2) is 4.18. The lowest BCUT2D eigenvalue weighted by molar-refractivity contribution is -0.388. The minimum Gasteiger partial charge on any atom is -0.383 e. The van der Waals surface area contributed by atoms with Crippen molar-refractivity contribution in [2.75, 3.05) is 5.73 Å². The highest BCUT2D eigenvalue weighted by molar-refractivity contribution is 7.89. The number of primary sulfonamides is 1. The van der Waals surface area contributed by atoms with Gasteiger partial charge < -0.3 is 5.73 Å². The average Bonchev–Trinajstić information content (AvgIpc) is 2.14. The van der Waals surface area contributed by atoms with E-state index >= 15 is 0 Å². The van der Waals surface area contributed by atoms with Gasteiger partial charge in [-0.1, -0.05) is 0 Å². The van der Waals surface area contributed by atoms with Crippen LogP contribution in [0.3, 0.4) is 0 Å². The molecule has 1 rings (SSSR count). The molecule has 0 saturated heterocycles. The van der Waals surface area contributed by atoms with Crippen molar-refractivity contribution in [2.24, 2.45) is 5.14 Å². The molecule has 0 aromatic carbocycles. The maximum absolute atomic E-state index is 12.4. The number of halogens is 2. The van der Waals surface area contributed by atoms with E-state index in [4.69, 9.17) is 5.73 Å². The first kappa shape index (κ1) is 13.2. The summed E-state index contributed by atoms with van der Waals surface area (Å²) < 4.78 is 46.7. The van der Waals surface area contributed by atoms with Crippen LogP contribution in [-0.2, 0) is 10.0 Å². The van der Waals surface area contributed by atoms with E-state index in [-0.39, 0.29) is 0 Å². The summed E-state index contributed by atoms with van der Waals surface area (Å²) >= 11 is 0. The smallest absolute Gasteiger partial charge is 0.308 e. The zero-order chi connectivity index (χ0) is 13.4. The topological polar surface area (TPSA) is 142 Å². The Bertz CT molecular complexity index is 574. The van der Waals surface area contributed by atoms with Gasteiger partial charge in [0.05, 0.1) is 10.5 Å². The fourth-order valence-electron chi connectivity index (χ4n) is 1.03. The molecular formula is C6H6F2N4O4S. The Labute approximate surface area is 93.4 Å². The van der Waals surface area contributed by atoms with Gasteiger partial charge in [-0.2, -0.15) is 0 Å². The van der Waals surface area contributed by atoms with Crippen molar-refractivity contribution >= 4 is 21.5 Å². The van der Waals surface area contributed by atoms with E-state index in [0.717, 1.165) is 0 Å². The fraction of sp³-hybridized carbons (Fsp3) is 0.167. The number of anilines is 1. The van der Waals surface area contributed by atoms with Crippen molar-refractivity contribution in [3.05, 3.63) is 21.7 Å². The summed E-state index contributed by atoms with van der Waals surface area (Å²) in [7, 11) is -4.52. The molecule has 0 aliphatic heterocycles. The summed E-state index contributed by atoms with van der Waals surface area (Å²) in [6.45, 7) is 0. The molecule has 0 fully saturated rings. The minimum absolute atomic E-state index is 0.340. The van der Waals surface area contributed by atoms with Crippen LogP contribution in [0.5, 0.6) is 0 Å². The Kier molecular flexibility index (Phi) is 3.24. The molecule has 1 aromatic heterocycles. The van der Waals surface area contributed by atoms with Gasteiger partial charge in [0.1, 0.15) is 5.82 Å². The van der Waals surface area contributed by atoms with E-state index in [1.54, 1.807) is 0 Å². The number of rotatable bonds is 3. The third kappa shape index (κ3) is 2.62. The molecule has 0 bridgehead atoms. The molecule has 1 heterocycles. The van der Waals surface area contributed by atoms with Gasteiger partial charge in [0.2, 0.25) is 0 Å². The standard InChI is InChI=1S/C6H6F2N4O4S/c7-4(8)2-1-3(12(13)14)6(11-5(2)9)17(10,15)16/h1,4H,(H2,9,11)(H2,10,15,16). The second-order valence-corrected chi connectivity index (χ2v) is 4.37. The number of hydrogen-bond donors (Lipinski definition) is 2. The lowest BCUT2D eigenvalue weighted by atomic mass is 10.2. The number of aromatic nitrogens is 1. The van der Waals surface area contributed by atoms with Gasteiger partial charge in [0.25, 0.3) is 21.5 Å². The summed E-state index contributed by atoms with van der Waals surface area (Å²) in [6.07, 6.45) is -3.12. The van der Waals surface area contributed by atoms with Gasteiger partial charge in [-0.15, -0.1) is 0 Å². The Morgan fingerprint density at radius 1 is 1.47 bits per heavy atom. The predicted molar refractivity (Wildman–Crippen MR) is 51.6 cm³/mol. The Morgan fingerprint density at radius 2 is 2.00 bits per heavy atom. The van der Waals surface area contributed by atoms with Crippen molar-refractivity contribution in [3.63, 3.8) is 0 Å². The zero-order valence-electron chi connectivity index (χ0n) is 8.00. The molecule has 0 amide bonds. The molecule has 0 spiro atoms. The molecule has 94 valence electrons. The Hall–Kier alpha value is -1.88. The SMILES string of the molecule is Nc1nc(S(N)(=O)=O)c([N+](=O)[O-])cc1C(F)F. The van der Waals surface area contributed by atoms with Crippen LogP contribution in [0, 0.1) is 10.1 Å². The van der Waals surface area contributed by atoms with E-state index in [1.807, 2.05) is 0 Å². The quantitative estimate of drug-likeness (QED) is 0.590. The third-order valence-corrected chi connectivity index (χ3v) is 2.57. The van der Waals surface area contributed by atoms with Crippen LogP contribution < -0.4 is 10.9 Å². The Balaban J connectivity index is 3.65. The van der Waals surface area contributed by atoms with Crippen LogP contribution in [0.15, 0.2) is 11.1 Å². The predicted octanol–water partition coefficient (Wildman–Crippen LogP) is 0.157. The van der Waals surface area contributed by atoms with Crippen LogP contribution in [-0.4, -0.2) is 18.3 Å². The van der Waals surface area contributed by atoms with Gasteiger partial charge in [-0.25, -0.2) is 27.3 Å². The number of pyridine rings is 1. The van der Waals surface area contributed by atoms with Crippen molar-refractivity contribution in [1.29, 1.82) is 0 Å². The van der Waals surface area contributed by atoms with Crippen molar-refractivity contribution in [3.8, 4) is 0 Å². The van der Waals surface area contributed by atoms with E-state index in [9.17, 15) is 27.3 Å². The lowest BCUT2D eigenvalue weighted by Crippen LogP contribution is -2.17. The van der Waals surface area contributed by atoms with Crippen LogP contribution in [0.2, 0.25) is 0 Å². The summed E-state index contributed by atoms with van der Waals surface area (Å²) in [5.74, 6) is -0.824. The van der Waals surface area contributed by atoms with E-state index in [0.29, 0.717) is 6.07 Å². The lowest BCUT2D eigenvalue weighted by Gasteiger charge is -2.06. The van der Waals surface area contributed by atoms with Crippen LogP contribution in [0.25, 0.3) is 0 Å². The summed E-state index contributed by atoms with van der Waals surface area (Å²) in [5, 5.41) is 14.0. The third-order valence-electron chi connectivity index (χ3n) is 1.73. The highest BCUT2D eigenvalue weighted by atomic mass is 32.2. The first-order valence-electron chi connectivity index (χ1n) is 3.90. The first-order chi connectivity index (χ1) is 7.64. The molecule has 4 N–H and O–H groups in total. The molecule has 0 aliphatic carbocycles. The number of sulfonamides is 1. The summed E-state index contributed by atoms with van der Waals surface area (Å²) in [5.41, 5.74) is 2.99. The minimum atomic E-state index is -4.52. The van der Waals surface area contributed by atoms with E-state index in [1.165, 1.54) is 0 Å². The molecule has 0 aliphatic rings. The zero-order valence-corrected chi connectivity index (χ0v) is 8.82. The van der Waals surface area contributed by atoms with Crippen molar-refractivity contribution < 1.29 is 22.1 Å². The molecular weight excluding hydrogens is 262 g/mol. The average molecular weight is 268 g/mol. The first-order valence-corrected chi connectivity index (χ1v) is 5.45. The van der Waals surface area contributed by atoms with Crippen LogP contribution in [0.4, 0.5) is 20.3 Å². The molecule has 0 saturated carbocycles. The maximum atomic E-state index is 12.4. The fourth-order valence-corrected chi connectivity index (χ4v) is 1.68. The van der Waals surface area contributed by atoms with Gasteiger partial charge >= 0.3 is 5.69 Å². The normalized spacial score (nSPS) is 11.8. The number of hydrogen-bond acceptors (Lipinski definition) is 6. The number of nitrogen functional groups attached to an aromatic ring is 1. The maximum Gasteiger partial charge on any atom is 0.308 e. The van der Waals surface area contributed by atoms with E-state index < -0.39 is 43.5 Å². The van der Waals surface area contributed by atoms with Crippen molar-refractivity contribution in [1.82, 2.24) is 4.98 Å². The summed E-state index contributed by atoms with van der Waals surface area (Å²) in [6, 6.07) is 0.340. The number of nitrogens with zero attached hydrogens (tertiary/aromatic N) is 2. The highest BCUT2D eigenvalue weighted by Crippen LogP contribution is 2.30. The second-order valence-electron chi connectivity index (χ2n) is 2.89. The highest BCUT2D eigenvalue weighted by Gasteiger charge is 2.29. The molecule has 8 nitrogen and oxygen atoms in total. The monoisotopic (exact) mass is 268 g/mol. The van der Waals surface area contributed by atoms with Gasteiger partial charge in [0, 0.05) is 6.07 Å². The van der Waals surface area contributed by atoms with Crippen LogP contribution in [0.1, 0.15) is 12.0 Å². The van der Waals surface area contributed by atoms with Crippen molar-refractivity contribution in [2.45, 2.75) is 11.5 Å². The van der Waals surface area contributed by atoms with Crippen LogP contribution >= 0.6 is 0 Å². The molecule has 0 unspecified atom stereocenters. The number of alkyl halides is 2. The van der Waals surface area contributed by atoms with E-state index in [2.05, 4.69) is 10.1 Å². The molecule has 1 aromatic rings. The molecule has 0 atom stereocenters. The molecule has 11 heteroatoms. The number of nitro groups is 1.